The Balaban J connectivity index is 1.95. The summed E-state index contributed by atoms with van der Waals surface area (Å²) in [6.45, 7) is 2.99. The fourth-order valence-electron chi connectivity index (χ4n) is 2.61. The van der Waals surface area contributed by atoms with Crippen LogP contribution in [0.4, 0.5) is 0 Å². The summed E-state index contributed by atoms with van der Waals surface area (Å²) in [6, 6.07) is 1.35. The minimum Gasteiger partial charge on any atom is -0.349 e. The van der Waals surface area contributed by atoms with E-state index in [-0.39, 0.29) is 17.5 Å². The summed E-state index contributed by atoms with van der Waals surface area (Å²) in [5.74, 6) is 0.586. The smallest absolute Gasteiger partial charge is 0.251 e. The van der Waals surface area contributed by atoms with Crippen molar-refractivity contribution in [1.29, 1.82) is 0 Å². The van der Waals surface area contributed by atoms with Gasteiger partial charge >= 0.3 is 0 Å². The van der Waals surface area contributed by atoms with Gasteiger partial charge in [-0.15, -0.1) is 0 Å². The quantitative estimate of drug-likeness (QED) is 0.847. The largest absolute Gasteiger partial charge is 0.349 e. The number of aromatic nitrogens is 2. The maximum atomic E-state index is 12.2. The van der Waals surface area contributed by atoms with Gasteiger partial charge in [-0.05, 0) is 33.4 Å². The van der Waals surface area contributed by atoms with Gasteiger partial charge in [-0.3, -0.25) is 14.5 Å². The number of amides is 1. The molecule has 2 rings (SSSR count). The number of likely N-dealkylation sites (tertiary alicyclic amines) is 1. The number of carbonyl (C=O) groups excluding carboxylic acids is 1. The zero-order valence-electron chi connectivity index (χ0n) is 12.1. The molecule has 1 aromatic heterocycles. The van der Waals surface area contributed by atoms with Gasteiger partial charge in [0.25, 0.3) is 5.56 Å². The van der Waals surface area contributed by atoms with Gasteiger partial charge in [0.05, 0.1) is 18.3 Å². The van der Waals surface area contributed by atoms with Crippen molar-refractivity contribution in [2.45, 2.75) is 45.2 Å². The SMILES string of the molecule is Cc1nc(CNC(=O)C2CCCCCN2C)cc(=O)[nH]1. The number of likely N-dealkylation sites (N-methyl/N-ethyl adjacent to an activating group) is 1. The van der Waals surface area contributed by atoms with E-state index >= 15 is 0 Å². The fraction of sp³-hybridized carbons (Fsp3) is 0.643. The van der Waals surface area contributed by atoms with Gasteiger partial charge in [-0.1, -0.05) is 12.8 Å². The van der Waals surface area contributed by atoms with Crippen molar-refractivity contribution >= 4 is 5.91 Å². The Morgan fingerprint density at radius 1 is 1.50 bits per heavy atom. The van der Waals surface area contributed by atoms with E-state index in [1.165, 1.54) is 12.5 Å². The summed E-state index contributed by atoms with van der Waals surface area (Å²) in [5.41, 5.74) is 0.407. The second-order valence-corrected chi connectivity index (χ2v) is 5.39. The average Bonchev–Trinajstić information content (AvgIpc) is 2.59. The lowest BCUT2D eigenvalue weighted by Gasteiger charge is -2.24. The third-order valence-corrected chi connectivity index (χ3v) is 3.68. The predicted octanol–water partition coefficient (Wildman–Crippen LogP) is 0.569. The topological polar surface area (TPSA) is 78.1 Å². The van der Waals surface area contributed by atoms with Crippen LogP contribution in [-0.2, 0) is 11.3 Å². The van der Waals surface area contributed by atoms with Gasteiger partial charge in [-0.2, -0.15) is 0 Å². The van der Waals surface area contributed by atoms with Crippen molar-refractivity contribution < 1.29 is 4.79 Å². The Morgan fingerprint density at radius 2 is 2.30 bits per heavy atom. The number of rotatable bonds is 3. The summed E-state index contributed by atoms with van der Waals surface area (Å²) >= 11 is 0. The van der Waals surface area contributed by atoms with Crippen molar-refractivity contribution in [2.24, 2.45) is 0 Å². The van der Waals surface area contributed by atoms with Gasteiger partial charge in [0.1, 0.15) is 5.82 Å². The van der Waals surface area contributed by atoms with Gasteiger partial charge in [-0.25, -0.2) is 4.98 Å². The van der Waals surface area contributed by atoms with Crippen LogP contribution in [0.3, 0.4) is 0 Å². The van der Waals surface area contributed by atoms with E-state index in [1.54, 1.807) is 6.92 Å². The highest BCUT2D eigenvalue weighted by molar-refractivity contribution is 5.81. The van der Waals surface area contributed by atoms with Crippen LogP contribution < -0.4 is 10.9 Å². The molecule has 1 aliphatic heterocycles. The molecular weight excluding hydrogens is 256 g/mol. The van der Waals surface area contributed by atoms with Gasteiger partial charge < -0.3 is 10.3 Å². The maximum Gasteiger partial charge on any atom is 0.251 e. The Kier molecular flexibility index (Phi) is 4.89. The molecule has 1 saturated heterocycles. The molecule has 1 fully saturated rings. The molecule has 0 spiro atoms. The minimum absolute atomic E-state index is 0.0223. The molecule has 1 amide bonds. The molecule has 20 heavy (non-hydrogen) atoms. The zero-order chi connectivity index (χ0) is 14.5. The lowest BCUT2D eigenvalue weighted by Crippen LogP contribution is -2.44. The summed E-state index contributed by atoms with van der Waals surface area (Å²) in [4.78, 5) is 32.5. The highest BCUT2D eigenvalue weighted by Gasteiger charge is 2.24. The van der Waals surface area contributed by atoms with E-state index in [0.717, 1.165) is 25.8 Å². The first-order chi connectivity index (χ1) is 9.56. The van der Waals surface area contributed by atoms with E-state index in [1.807, 2.05) is 7.05 Å². The third kappa shape index (κ3) is 3.90. The Morgan fingerprint density at radius 3 is 3.05 bits per heavy atom. The van der Waals surface area contributed by atoms with Crippen molar-refractivity contribution in [2.75, 3.05) is 13.6 Å². The predicted molar refractivity (Wildman–Crippen MR) is 76.3 cm³/mol. The summed E-state index contributed by atoms with van der Waals surface area (Å²) in [7, 11) is 1.99. The van der Waals surface area contributed by atoms with E-state index in [9.17, 15) is 9.59 Å². The monoisotopic (exact) mass is 278 g/mol. The summed E-state index contributed by atoms with van der Waals surface area (Å²) in [6.07, 6.45) is 4.31. The molecule has 0 aliphatic carbocycles. The number of hydrogen-bond donors (Lipinski definition) is 2. The van der Waals surface area contributed by atoms with E-state index < -0.39 is 0 Å². The molecule has 0 aromatic carbocycles. The van der Waals surface area contributed by atoms with Gasteiger partial charge in [0.2, 0.25) is 5.91 Å². The summed E-state index contributed by atoms with van der Waals surface area (Å²) in [5, 5.41) is 2.89. The van der Waals surface area contributed by atoms with E-state index in [2.05, 4.69) is 20.2 Å². The molecule has 1 aliphatic rings. The highest BCUT2D eigenvalue weighted by atomic mass is 16.2. The average molecular weight is 278 g/mol. The molecule has 110 valence electrons. The lowest BCUT2D eigenvalue weighted by molar-refractivity contribution is -0.126. The van der Waals surface area contributed by atoms with Crippen LogP contribution in [0.1, 0.15) is 37.2 Å². The summed E-state index contributed by atoms with van der Waals surface area (Å²) < 4.78 is 0. The maximum absolute atomic E-state index is 12.2. The number of H-pyrrole nitrogens is 1. The van der Waals surface area contributed by atoms with Crippen LogP contribution in [0.15, 0.2) is 10.9 Å². The number of carbonyl (C=O) groups is 1. The molecule has 2 N–H and O–H groups in total. The Bertz CT molecular complexity index is 526. The molecule has 1 unspecified atom stereocenters. The molecule has 1 atom stereocenters. The van der Waals surface area contributed by atoms with Crippen LogP contribution >= 0.6 is 0 Å². The van der Waals surface area contributed by atoms with Crippen LogP contribution in [0.5, 0.6) is 0 Å². The first-order valence-electron chi connectivity index (χ1n) is 7.11. The molecule has 2 heterocycles. The molecule has 0 bridgehead atoms. The molecule has 6 heteroatoms. The van der Waals surface area contributed by atoms with E-state index in [4.69, 9.17) is 0 Å². The standard InChI is InChI=1S/C14H22N4O2/c1-10-16-11(8-13(19)17-10)9-15-14(20)12-6-4-3-5-7-18(12)2/h8,12H,3-7,9H2,1-2H3,(H,15,20)(H,16,17,19). The van der Waals surface area contributed by atoms with Crippen LogP contribution in [0, 0.1) is 6.92 Å². The van der Waals surface area contributed by atoms with Crippen LogP contribution in [0.25, 0.3) is 0 Å². The number of nitrogens with zero attached hydrogens (tertiary/aromatic N) is 2. The van der Waals surface area contributed by atoms with Crippen molar-refractivity contribution in [3.8, 4) is 0 Å². The van der Waals surface area contributed by atoms with Crippen molar-refractivity contribution in [3.63, 3.8) is 0 Å². The number of hydrogen-bond acceptors (Lipinski definition) is 4. The van der Waals surface area contributed by atoms with Crippen molar-refractivity contribution in [3.05, 3.63) is 27.9 Å². The normalized spacial score (nSPS) is 20.4. The number of aryl methyl sites for hydroxylation is 1. The first-order valence-corrected chi connectivity index (χ1v) is 7.11. The van der Waals surface area contributed by atoms with Gasteiger partial charge in [0, 0.05) is 6.07 Å². The highest BCUT2D eigenvalue weighted by Crippen LogP contribution is 2.15. The van der Waals surface area contributed by atoms with E-state index in [0.29, 0.717) is 18.1 Å². The second-order valence-electron chi connectivity index (χ2n) is 5.39. The molecular formula is C14H22N4O2. The first kappa shape index (κ1) is 14.7. The van der Waals surface area contributed by atoms with Crippen molar-refractivity contribution in [1.82, 2.24) is 20.2 Å². The molecule has 0 saturated carbocycles. The molecule has 6 nitrogen and oxygen atoms in total. The fourth-order valence-corrected chi connectivity index (χ4v) is 2.61. The van der Waals surface area contributed by atoms with Gasteiger partial charge in [0.15, 0.2) is 0 Å². The number of aromatic amines is 1. The van der Waals surface area contributed by atoms with Crippen LogP contribution in [0.2, 0.25) is 0 Å². The Hall–Kier alpha value is -1.69. The lowest BCUT2D eigenvalue weighted by atomic mass is 10.1. The minimum atomic E-state index is -0.187. The second kappa shape index (κ2) is 6.65. The number of nitrogens with one attached hydrogen (secondary N) is 2. The molecule has 0 radical (unpaired) electrons. The Labute approximate surface area is 118 Å². The zero-order valence-corrected chi connectivity index (χ0v) is 12.1. The third-order valence-electron chi connectivity index (χ3n) is 3.68. The molecule has 1 aromatic rings. The van der Waals surface area contributed by atoms with Crippen LogP contribution in [-0.4, -0.2) is 40.4 Å².